The molecule has 2 heterocycles. The molecule has 4 atom stereocenters. The Bertz CT molecular complexity index is 2130. The number of carbonyl (C=O) groups excluding carboxylic acids is 5. The number of aliphatic hydroxyl groups excluding tert-OH is 1. The van der Waals surface area contributed by atoms with Crippen molar-refractivity contribution >= 4 is 97.6 Å². The Labute approximate surface area is 618 Å². The molecular formula is C55H63O18P4Y5-9. The van der Waals surface area contributed by atoms with Crippen LogP contribution in [0.5, 0.6) is 0 Å². The molecule has 0 amide bonds. The number of hydrogen-bond acceptors (Lipinski definition) is 15. The minimum atomic E-state index is -1.01. The van der Waals surface area contributed by atoms with Crippen LogP contribution < -0.4 is 0 Å². The second kappa shape index (κ2) is 83.7. The average molecular weight is 1580 g/mol. The van der Waals surface area contributed by atoms with Crippen LogP contribution >= 0.6 is 37.9 Å². The molecule has 435 valence electrons. The number of Topliss-reactive ketones (excluding diaryl/α,β-unsaturated/α-hetero) is 1. The third kappa shape index (κ3) is 87.2. The van der Waals surface area contributed by atoms with Gasteiger partial charge in [0, 0.05) is 211 Å². The molecule has 0 spiro atoms. The smallest absolute Gasteiger partial charge is 0.338 e. The number of benzene rings is 5. The van der Waals surface area contributed by atoms with Crippen LogP contribution in [0.25, 0.3) is 12.2 Å². The van der Waals surface area contributed by atoms with E-state index in [0.29, 0.717) is 5.56 Å². The van der Waals surface area contributed by atoms with Crippen molar-refractivity contribution in [2.75, 3.05) is 35.5 Å². The van der Waals surface area contributed by atoms with E-state index >= 15 is 0 Å². The van der Waals surface area contributed by atoms with Gasteiger partial charge in [0.1, 0.15) is 0 Å². The van der Waals surface area contributed by atoms with Gasteiger partial charge in [-0.3, -0.25) is 36.0 Å². The maximum atomic E-state index is 11.2. The summed E-state index contributed by atoms with van der Waals surface area (Å²) in [6.07, 6.45) is 12.8. The zero-order valence-electron chi connectivity index (χ0n) is 45.7. The molecule has 7 rings (SSSR count). The van der Waals surface area contributed by atoms with Crippen LogP contribution in [0.4, 0.5) is 0 Å². The molecule has 0 saturated carbocycles. The van der Waals surface area contributed by atoms with Crippen LogP contribution in [0, 0.1) is 55.3 Å². The van der Waals surface area contributed by atoms with Gasteiger partial charge in [0.25, 0.3) is 23.9 Å². The first-order chi connectivity index (χ1) is 37.0. The van der Waals surface area contributed by atoms with Crippen LogP contribution in [0.15, 0.2) is 146 Å². The van der Waals surface area contributed by atoms with E-state index in [0.717, 1.165) is 36.8 Å². The molecule has 5 aromatic rings. The molecule has 0 aromatic heterocycles. The number of ether oxygens (including phenoxy) is 2. The first kappa shape index (κ1) is 102. The number of hydrogen-bond donors (Lipinski definition) is 4. The first-order valence-corrected chi connectivity index (χ1v) is 23.2. The number of carboxylic acids is 3. The van der Waals surface area contributed by atoms with Gasteiger partial charge in [-0.25, -0.2) is 52.4 Å². The van der Waals surface area contributed by atoms with E-state index in [2.05, 4.69) is 108 Å². The van der Waals surface area contributed by atoms with Crippen LogP contribution in [0.1, 0.15) is 47.2 Å². The topological polar surface area (TPSA) is 273 Å². The van der Waals surface area contributed by atoms with Crippen molar-refractivity contribution in [3.05, 3.63) is 218 Å². The summed E-state index contributed by atoms with van der Waals surface area (Å²) in [5.41, 5.74) is 2.08. The quantitative estimate of drug-likeness (QED) is 0.0335. The van der Waals surface area contributed by atoms with Crippen molar-refractivity contribution < 1.29 is 250 Å². The minimum absolute atomic E-state index is 0. The number of ketones is 1. The standard InChI is InChI=1S/C10H8O3.2C10H8O2.2C6H5.C4H3O3.C4H2O3.4CH5OP.CH4O.5Y/c11-9(6-7-10(12)13)8-4-2-1-3-5-8;2*11-10(12)8-4-7-9-5-2-1-3-6-9;2*1-2-4-6-5-3-1;2*5-3-1-2-4(6)7-3;4*1-2-3;1-2;;;;;/h1-4,6H,7H2,(H,12,13);2*1-3,5,7H,8H2,(H,11,12);2*1-5H;1H,2H2;1-2H;4*3H2,1H3;2H,1H3;;;;;/q3*-2;3*-1;;;;;;;;;;;. The molecule has 27 heteroatoms. The molecular weight excluding hydrogens is 1520 g/mol. The van der Waals surface area contributed by atoms with Gasteiger partial charge in [0.2, 0.25) is 0 Å². The fourth-order valence-corrected chi connectivity index (χ4v) is 3.68. The van der Waals surface area contributed by atoms with Crippen molar-refractivity contribution in [1.29, 1.82) is 0 Å². The number of aliphatic hydroxyl groups is 1. The number of aliphatic carboxylic acids is 3. The minimum Gasteiger partial charge on any atom is -0.482 e. The van der Waals surface area contributed by atoms with Crippen molar-refractivity contribution in [1.82, 2.24) is 0 Å². The van der Waals surface area contributed by atoms with Gasteiger partial charge in [-0.2, -0.15) is 109 Å². The number of cyclic esters (lactones) is 4. The van der Waals surface area contributed by atoms with Gasteiger partial charge in [-0.05, 0) is 57.1 Å². The molecule has 5 radical (unpaired) electrons. The van der Waals surface area contributed by atoms with Gasteiger partial charge in [0.15, 0.2) is 5.97 Å². The van der Waals surface area contributed by atoms with Crippen molar-refractivity contribution in [2.45, 2.75) is 25.7 Å². The summed E-state index contributed by atoms with van der Waals surface area (Å²) in [4.78, 5) is 81.3. The maximum Gasteiger partial charge on any atom is 0.338 e. The Balaban J connectivity index is -0.0000000891. The number of esters is 4. The summed E-state index contributed by atoms with van der Waals surface area (Å²) in [7, 11) is 15.7. The SMILES string of the molecule is CO.COP.COP.COP.COP.O=C(O)C[C-]=Cc1[c-]cccc1.O=C(O)C[C-]=Cc1[c-]cccc1.O=C(O)C[CH-]C(=O)c1[c-]cccc1.O=C1C=CC(=O)O1.O=C1[CH-]CC(=O)O1.[Y].[Y].[Y].[Y].[Y].[c-]1ccccc1.[c-]1ccccc1. The van der Waals surface area contributed by atoms with Crippen molar-refractivity contribution in [2.24, 2.45) is 0 Å². The number of rotatable bonds is 10. The monoisotopic (exact) mass is 1580 g/mol. The Hall–Kier alpha value is -1.54. The van der Waals surface area contributed by atoms with Crippen LogP contribution in [-0.2, 0) is 225 Å². The first-order valence-electron chi connectivity index (χ1n) is 21.3. The summed E-state index contributed by atoms with van der Waals surface area (Å²) in [6, 6.07) is 54.9. The van der Waals surface area contributed by atoms with E-state index in [9.17, 15) is 38.4 Å². The fraction of sp³-hybridized carbons (Fsp3) is 0.164. The molecule has 4 N–H and O–H groups in total. The van der Waals surface area contributed by atoms with Gasteiger partial charge in [-0.1, -0.05) is 12.2 Å². The predicted octanol–water partition coefficient (Wildman–Crippen LogP) is 8.46. The largest absolute Gasteiger partial charge is 0.482 e. The predicted molar refractivity (Wildman–Crippen MR) is 302 cm³/mol. The van der Waals surface area contributed by atoms with E-state index in [1.807, 2.05) is 97.1 Å². The third-order valence-electron chi connectivity index (χ3n) is 6.35. The molecule has 4 unspecified atom stereocenters. The van der Waals surface area contributed by atoms with E-state index < -0.39 is 41.8 Å². The second-order valence-electron chi connectivity index (χ2n) is 12.3. The molecule has 0 aliphatic carbocycles. The Morgan fingerprint density at radius 1 is 0.549 bits per heavy atom. The maximum absolute atomic E-state index is 11.2. The van der Waals surface area contributed by atoms with Gasteiger partial charge >= 0.3 is 11.9 Å². The summed E-state index contributed by atoms with van der Waals surface area (Å²) in [5.74, 6) is -5.19. The molecule has 0 bridgehead atoms. The van der Waals surface area contributed by atoms with E-state index in [4.69, 9.17) is 20.4 Å². The molecule has 5 aromatic carbocycles. The second-order valence-corrected chi connectivity index (χ2v) is 14.2. The third-order valence-corrected chi connectivity index (χ3v) is 6.35. The van der Waals surface area contributed by atoms with Crippen LogP contribution in [0.3, 0.4) is 0 Å². The summed E-state index contributed by atoms with van der Waals surface area (Å²) in [5, 5.41) is 31.9. The Morgan fingerprint density at radius 3 is 1.09 bits per heavy atom. The van der Waals surface area contributed by atoms with Gasteiger partial charge < -0.3 is 88.2 Å². The van der Waals surface area contributed by atoms with E-state index in [-0.39, 0.29) is 195 Å². The van der Waals surface area contributed by atoms with Gasteiger partial charge in [0.05, 0.1) is 0 Å². The van der Waals surface area contributed by atoms with E-state index in [1.165, 1.54) is 6.42 Å². The number of carboxylic acid groups (broad SMARTS) is 3. The van der Waals surface area contributed by atoms with Gasteiger partial charge in [-0.15, -0.1) is 18.2 Å². The summed E-state index contributed by atoms with van der Waals surface area (Å²) >= 11 is 0. The molecule has 1 fully saturated rings. The molecule has 82 heavy (non-hydrogen) atoms. The molecule has 2 aliphatic heterocycles. The summed E-state index contributed by atoms with van der Waals surface area (Å²) in [6.45, 7) is 0. The Kier molecular flexibility index (Phi) is 104. The molecule has 18 nitrogen and oxygen atoms in total. The fourth-order valence-electron chi connectivity index (χ4n) is 3.68. The van der Waals surface area contributed by atoms with E-state index in [1.54, 1.807) is 77.0 Å². The van der Waals surface area contributed by atoms with Crippen LogP contribution in [-0.4, -0.2) is 104 Å². The average Bonchev–Trinajstić information content (AvgIpc) is 4.02. The van der Waals surface area contributed by atoms with Crippen LogP contribution in [0.2, 0.25) is 0 Å². The normalized spacial score (nSPS) is 9.73. The van der Waals surface area contributed by atoms with Crippen molar-refractivity contribution in [3.8, 4) is 0 Å². The Morgan fingerprint density at radius 2 is 0.890 bits per heavy atom. The zero-order chi connectivity index (χ0) is 59.2. The summed E-state index contributed by atoms with van der Waals surface area (Å²) < 4.78 is 24.7. The zero-order valence-corrected chi connectivity index (χ0v) is 64.5. The molecule has 1 saturated heterocycles. The molecule has 2 aliphatic rings. The number of carbonyl (C=O) groups is 8. The van der Waals surface area contributed by atoms with Crippen molar-refractivity contribution in [3.63, 3.8) is 0 Å².